The Labute approximate surface area is 162 Å². The molecule has 0 heterocycles. The van der Waals surface area contributed by atoms with Gasteiger partial charge in [0.2, 0.25) is 5.91 Å². The number of nitrogens with one attached hydrogen (secondary N) is 2. The lowest BCUT2D eigenvalue weighted by molar-refractivity contribution is -0.121. The second-order valence-corrected chi connectivity index (χ2v) is 6.69. The fraction of sp³-hybridized carbons (Fsp3) is 0.250. The number of rotatable bonds is 9. The first-order chi connectivity index (χ1) is 12.6. The Morgan fingerprint density at radius 1 is 0.962 bits per heavy atom. The highest BCUT2D eigenvalue weighted by Gasteiger charge is 2.03. The highest BCUT2D eigenvalue weighted by Crippen LogP contribution is 2.09. The fourth-order valence-electron chi connectivity index (χ4n) is 2.26. The lowest BCUT2D eigenvalue weighted by Gasteiger charge is -2.05. The van der Waals surface area contributed by atoms with Crippen molar-refractivity contribution in [3.05, 3.63) is 70.2 Å². The predicted octanol–water partition coefficient (Wildman–Crippen LogP) is 3.89. The van der Waals surface area contributed by atoms with Gasteiger partial charge in [0.1, 0.15) is 0 Å². The van der Waals surface area contributed by atoms with Gasteiger partial charge in [-0.2, -0.15) is 5.10 Å². The quantitative estimate of drug-likeness (QED) is 0.370. The van der Waals surface area contributed by atoms with Gasteiger partial charge in [0.25, 0.3) is 5.91 Å². The summed E-state index contributed by atoms with van der Waals surface area (Å²) in [7, 11) is 0. The van der Waals surface area contributed by atoms with Gasteiger partial charge in [-0.05, 0) is 42.7 Å². The molecule has 0 aliphatic rings. The first kappa shape index (κ1) is 19.8. The van der Waals surface area contributed by atoms with E-state index in [4.69, 9.17) is 0 Å². The van der Waals surface area contributed by atoms with E-state index in [9.17, 15) is 9.59 Å². The number of amides is 2. The summed E-state index contributed by atoms with van der Waals surface area (Å²) in [4.78, 5) is 23.6. The molecule has 5 nitrogen and oxygen atoms in total. The Balaban J connectivity index is 1.53. The monoisotopic (exact) mass is 415 g/mol. The number of carbonyl (C=O) groups excluding carboxylic acids is 2. The molecule has 0 spiro atoms. The summed E-state index contributed by atoms with van der Waals surface area (Å²) >= 11 is 3.37. The zero-order valence-corrected chi connectivity index (χ0v) is 16.0. The Morgan fingerprint density at radius 3 is 2.42 bits per heavy atom. The number of halogens is 1. The Kier molecular flexibility index (Phi) is 8.55. The van der Waals surface area contributed by atoms with Crippen LogP contribution in [-0.2, 0) is 4.79 Å². The number of unbranched alkanes of at least 4 members (excludes halogenated alkanes) is 2. The molecule has 0 radical (unpaired) electrons. The maximum absolute atomic E-state index is 11.8. The van der Waals surface area contributed by atoms with E-state index < -0.39 is 0 Å². The van der Waals surface area contributed by atoms with E-state index in [1.165, 1.54) is 0 Å². The van der Waals surface area contributed by atoms with Crippen LogP contribution in [0.3, 0.4) is 0 Å². The molecule has 0 aliphatic heterocycles. The number of hydrogen-bond donors (Lipinski definition) is 2. The molecule has 0 unspecified atom stereocenters. The molecule has 0 atom stereocenters. The van der Waals surface area contributed by atoms with E-state index in [2.05, 4.69) is 31.8 Å². The van der Waals surface area contributed by atoms with Crippen LogP contribution in [0.5, 0.6) is 0 Å². The van der Waals surface area contributed by atoms with Crippen LogP contribution in [0, 0.1) is 0 Å². The molecule has 26 heavy (non-hydrogen) atoms. The summed E-state index contributed by atoms with van der Waals surface area (Å²) in [6.07, 6.45) is 4.52. The number of hydrogen-bond acceptors (Lipinski definition) is 3. The van der Waals surface area contributed by atoms with Crippen LogP contribution in [0.15, 0.2) is 64.2 Å². The van der Waals surface area contributed by atoms with Gasteiger partial charge in [0.15, 0.2) is 0 Å². The van der Waals surface area contributed by atoms with Crippen molar-refractivity contribution in [1.82, 2.24) is 10.7 Å². The second kappa shape index (κ2) is 11.2. The molecule has 0 aliphatic carbocycles. The van der Waals surface area contributed by atoms with E-state index in [0.717, 1.165) is 29.3 Å². The molecule has 0 aromatic heterocycles. The van der Waals surface area contributed by atoms with Crippen molar-refractivity contribution in [1.29, 1.82) is 0 Å². The van der Waals surface area contributed by atoms with E-state index in [1.54, 1.807) is 18.3 Å². The van der Waals surface area contributed by atoms with Gasteiger partial charge in [-0.15, -0.1) is 0 Å². The molecule has 0 fully saturated rings. The molecular formula is C20H22BrN3O2. The molecular weight excluding hydrogens is 394 g/mol. The minimum atomic E-state index is -0.105. The van der Waals surface area contributed by atoms with E-state index in [1.807, 2.05) is 42.5 Å². The van der Waals surface area contributed by atoms with Crippen LogP contribution in [-0.4, -0.2) is 24.6 Å². The van der Waals surface area contributed by atoms with Crippen LogP contribution in [0.1, 0.15) is 41.6 Å². The average Bonchev–Trinajstić information content (AvgIpc) is 2.66. The Hall–Kier alpha value is -2.47. The minimum absolute atomic E-state index is 0.0642. The summed E-state index contributed by atoms with van der Waals surface area (Å²) in [6, 6.07) is 16.8. The lowest BCUT2D eigenvalue weighted by atomic mass is 10.2. The molecule has 2 aromatic rings. The summed E-state index contributed by atoms with van der Waals surface area (Å²) in [5.74, 6) is -0.169. The fourth-order valence-corrected chi connectivity index (χ4v) is 2.53. The van der Waals surface area contributed by atoms with Crippen molar-refractivity contribution < 1.29 is 9.59 Å². The van der Waals surface area contributed by atoms with Crippen molar-refractivity contribution in [2.24, 2.45) is 5.10 Å². The van der Waals surface area contributed by atoms with E-state index in [0.29, 0.717) is 18.5 Å². The molecule has 2 N–H and O–H groups in total. The minimum Gasteiger partial charge on any atom is -0.352 e. The SMILES string of the molecule is O=C(CCCCCNC(=O)c1ccccc1)N/N=C\c1ccc(Br)cc1. The van der Waals surface area contributed by atoms with Gasteiger partial charge in [0.05, 0.1) is 6.21 Å². The van der Waals surface area contributed by atoms with Gasteiger partial charge in [0, 0.05) is 23.0 Å². The van der Waals surface area contributed by atoms with E-state index >= 15 is 0 Å². The average molecular weight is 416 g/mol. The third kappa shape index (κ3) is 7.61. The van der Waals surface area contributed by atoms with Crippen molar-refractivity contribution in [3.63, 3.8) is 0 Å². The number of hydrazone groups is 1. The number of nitrogens with zero attached hydrogens (tertiary/aromatic N) is 1. The standard InChI is InChI=1S/C20H22BrN3O2/c21-18-12-10-16(11-13-18)15-23-24-19(25)9-5-2-6-14-22-20(26)17-7-3-1-4-8-17/h1,3-4,7-8,10-13,15H,2,5-6,9,14H2,(H,22,26)(H,24,25)/b23-15-. The molecule has 0 bridgehead atoms. The van der Waals surface area contributed by atoms with Crippen LogP contribution in [0.2, 0.25) is 0 Å². The Morgan fingerprint density at radius 2 is 1.69 bits per heavy atom. The highest BCUT2D eigenvalue weighted by molar-refractivity contribution is 9.10. The highest BCUT2D eigenvalue weighted by atomic mass is 79.9. The second-order valence-electron chi connectivity index (χ2n) is 5.78. The molecule has 2 aromatic carbocycles. The molecule has 136 valence electrons. The first-order valence-electron chi connectivity index (χ1n) is 8.56. The topological polar surface area (TPSA) is 70.6 Å². The predicted molar refractivity (Wildman–Crippen MR) is 107 cm³/mol. The van der Waals surface area contributed by atoms with Crippen molar-refractivity contribution >= 4 is 34.0 Å². The van der Waals surface area contributed by atoms with Gasteiger partial charge >= 0.3 is 0 Å². The first-order valence-corrected chi connectivity index (χ1v) is 9.35. The third-order valence-electron chi connectivity index (χ3n) is 3.68. The van der Waals surface area contributed by atoms with Crippen LogP contribution >= 0.6 is 15.9 Å². The van der Waals surface area contributed by atoms with Crippen molar-refractivity contribution in [2.75, 3.05) is 6.54 Å². The summed E-state index contributed by atoms with van der Waals surface area (Å²) in [5.41, 5.74) is 4.11. The molecule has 0 saturated heterocycles. The van der Waals surface area contributed by atoms with Crippen LogP contribution in [0.4, 0.5) is 0 Å². The van der Waals surface area contributed by atoms with Crippen LogP contribution < -0.4 is 10.7 Å². The number of carbonyl (C=O) groups is 2. The molecule has 2 amide bonds. The molecule has 0 saturated carbocycles. The smallest absolute Gasteiger partial charge is 0.251 e. The molecule has 6 heteroatoms. The van der Waals surface area contributed by atoms with Crippen molar-refractivity contribution in [2.45, 2.75) is 25.7 Å². The zero-order valence-electron chi connectivity index (χ0n) is 14.5. The third-order valence-corrected chi connectivity index (χ3v) is 4.20. The van der Waals surface area contributed by atoms with Gasteiger partial charge < -0.3 is 5.32 Å². The molecule has 2 rings (SSSR count). The van der Waals surface area contributed by atoms with Crippen molar-refractivity contribution in [3.8, 4) is 0 Å². The van der Waals surface area contributed by atoms with Gasteiger partial charge in [-0.1, -0.05) is 52.7 Å². The normalized spacial score (nSPS) is 10.7. The number of benzene rings is 2. The summed E-state index contributed by atoms with van der Waals surface area (Å²) in [5, 5.41) is 6.82. The lowest BCUT2D eigenvalue weighted by Crippen LogP contribution is -2.24. The largest absolute Gasteiger partial charge is 0.352 e. The maximum atomic E-state index is 11.8. The zero-order chi connectivity index (χ0) is 18.6. The summed E-state index contributed by atoms with van der Waals surface area (Å²) in [6.45, 7) is 0.608. The van der Waals surface area contributed by atoms with Gasteiger partial charge in [-0.3, -0.25) is 9.59 Å². The van der Waals surface area contributed by atoms with Gasteiger partial charge in [-0.25, -0.2) is 5.43 Å². The van der Waals surface area contributed by atoms with Crippen LogP contribution in [0.25, 0.3) is 0 Å². The maximum Gasteiger partial charge on any atom is 0.251 e. The Bertz CT molecular complexity index is 730. The summed E-state index contributed by atoms with van der Waals surface area (Å²) < 4.78 is 0.999. The van der Waals surface area contributed by atoms with E-state index in [-0.39, 0.29) is 11.8 Å².